The normalized spacial score (nSPS) is 11.6. The lowest BCUT2D eigenvalue weighted by molar-refractivity contribution is 0.0985. The summed E-state index contributed by atoms with van der Waals surface area (Å²) in [6.07, 6.45) is 1.42. The number of carbonyl (C=O) groups excluding carboxylic acids is 1. The summed E-state index contributed by atoms with van der Waals surface area (Å²) in [5.41, 5.74) is -0.314. The predicted molar refractivity (Wildman–Crippen MR) is 110 cm³/mol. The zero-order valence-corrected chi connectivity index (χ0v) is 17.5. The van der Waals surface area contributed by atoms with Crippen LogP contribution in [-0.2, 0) is 16.4 Å². The Morgan fingerprint density at radius 3 is 2.67 bits per heavy atom. The second kappa shape index (κ2) is 8.34. The van der Waals surface area contributed by atoms with Gasteiger partial charge in [-0.3, -0.25) is 14.6 Å². The van der Waals surface area contributed by atoms with Crippen LogP contribution in [0.2, 0.25) is 0 Å². The summed E-state index contributed by atoms with van der Waals surface area (Å²) < 4.78 is 55.0. The van der Waals surface area contributed by atoms with Crippen molar-refractivity contribution in [1.82, 2.24) is 15.2 Å². The molecule has 0 aliphatic carbocycles. The number of hydrogen-bond acceptors (Lipinski definition) is 6. The predicted octanol–water partition coefficient (Wildman–Crippen LogP) is 2.88. The van der Waals surface area contributed by atoms with E-state index in [1.54, 1.807) is 32.0 Å². The van der Waals surface area contributed by atoms with Gasteiger partial charge in [-0.1, -0.05) is 6.92 Å². The highest BCUT2D eigenvalue weighted by atomic mass is 32.2. The molecule has 3 rings (SSSR count). The highest BCUT2D eigenvalue weighted by molar-refractivity contribution is 7.92. The Labute approximate surface area is 172 Å². The molecule has 2 N–H and O–H groups in total. The van der Waals surface area contributed by atoms with Crippen molar-refractivity contribution < 1.29 is 22.0 Å². The van der Waals surface area contributed by atoms with E-state index in [1.807, 2.05) is 0 Å². The number of Topliss-reactive ketones (excluding diaryl/α,β-unsaturated/α-hetero) is 1. The van der Waals surface area contributed by atoms with Crippen molar-refractivity contribution in [2.24, 2.45) is 0 Å². The second-order valence-electron chi connectivity index (χ2n) is 6.99. The minimum Gasteiger partial charge on any atom is -0.361 e. The molecule has 1 aromatic carbocycles. The molecule has 0 saturated carbocycles. The molecule has 160 valence electrons. The monoisotopic (exact) mass is 437 g/mol. The van der Waals surface area contributed by atoms with Gasteiger partial charge in [0.1, 0.15) is 5.82 Å². The number of pyridine rings is 1. The van der Waals surface area contributed by atoms with Crippen molar-refractivity contribution in [2.75, 3.05) is 29.5 Å². The summed E-state index contributed by atoms with van der Waals surface area (Å²) in [7, 11) is -0.211. The van der Waals surface area contributed by atoms with Gasteiger partial charge < -0.3 is 4.90 Å². The number of fused-ring (bicyclic) bond motifs is 1. The first-order chi connectivity index (χ1) is 14.1. The van der Waals surface area contributed by atoms with Gasteiger partial charge in [-0.25, -0.2) is 22.2 Å². The minimum absolute atomic E-state index is 0.225. The number of sulfonamides is 1. The van der Waals surface area contributed by atoms with E-state index in [-0.39, 0.29) is 12.2 Å². The van der Waals surface area contributed by atoms with Crippen molar-refractivity contribution >= 4 is 38.3 Å². The van der Waals surface area contributed by atoms with E-state index in [9.17, 15) is 22.0 Å². The third-order valence-corrected chi connectivity index (χ3v) is 5.83. The number of benzene rings is 1. The van der Waals surface area contributed by atoms with Gasteiger partial charge in [-0.15, -0.1) is 0 Å². The van der Waals surface area contributed by atoms with Crippen molar-refractivity contribution in [3.63, 3.8) is 0 Å². The van der Waals surface area contributed by atoms with Gasteiger partial charge in [0.2, 0.25) is 10.0 Å². The number of nitrogens with one attached hydrogen (secondary N) is 2. The summed E-state index contributed by atoms with van der Waals surface area (Å²) in [5.74, 6) is -2.76. The van der Waals surface area contributed by atoms with Gasteiger partial charge in [-0.2, -0.15) is 5.10 Å². The topological polar surface area (TPSA) is 108 Å². The average molecular weight is 437 g/mol. The SMILES string of the molecule is CCCS(=O)(=O)Nc1ccc(F)c(C(=O)Cc2cnc3[nH]nc(N(C)C)c3c2)c1F. The fraction of sp³-hybridized carbons (Fsp3) is 0.316. The van der Waals surface area contributed by atoms with Crippen molar-refractivity contribution in [2.45, 2.75) is 19.8 Å². The molecule has 0 spiro atoms. The first-order valence-corrected chi connectivity index (χ1v) is 10.8. The molecule has 11 heteroatoms. The zero-order chi connectivity index (χ0) is 22.1. The second-order valence-corrected chi connectivity index (χ2v) is 8.83. The number of anilines is 2. The van der Waals surface area contributed by atoms with Crippen LogP contribution in [0.3, 0.4) is 0 Å². The van der Waals surface area contributed by atoms with Crippen LogP contribution in [0.25, 0.3) is 11.0 Å². The molecular formula is C19H21F2N5O3S. The molecule has 30 heavy (non-hydrogen) atoms. The fourth-order valence-corrected chi connectivity index (χ4v) is 4.15. The lowest BCUT2D eigenvalue weighted by Crippen LogP contribution is -2.19. The van der Waals surface area contributed by atoms with Crippen LogP contribution in [0.15, 0.2) is 24.4 Å². The number of nitrogens with zero attached hydrogens (tertiary/aromatic N) is 3. The summed E-state index contributed by atoms with van der Waals surface area (Å²) in [5, 5.41) is 7.56. The molecule has 0 saturated heterocycles. The molecule has 0 atom stereocenters. The smallest absolute Gasteiger partial charge is 0.232 e. The molecule has 0 fully saturated rings. The molecule has 0 aliphatic heterocycles. The van der Waals surface area contributed by atoms with E-state index in [0.29, 0.717) is 28.8 Å². The molecule has 2 heterocycles. The van der Waals surface area contributed by atoms with E-state index in [4.69, 9.17) is 0 Å². The first kappa shape index (κ1) is 21.6. The van der Waals surface area contributed by atoms with E-state index in [1.165, 1.54) is 6.20 Å². The Morgan fingerprint density at radius 2 is 2.00 bits per heavy atom. The van der Waals surface area contributed by atoms with Crippen LogP contribution >= 0.6 is 0 Å². The molecular weight excluding hydrogens is 416 g/mol. The zero-order valence-electron chi connectivity index (χ0n) is 16.7. The molecule has 2 aromatic heterocycles. The van der Waals surface area contributed by atoms with Crippen LogP contribution in [0.4, 0.5) is 20.3 Å². The molecule has 0 amide bonds. The minimum atomic E-state index is -3.80. The maximum Gasteiger partial charge on any atom is 0.232 e. The van der Waals surface area contributed by atoms with Crippen molar-refractivity contribution in [1.29, 1.82) is 0 Å². The third kappa shape index (κ3) is 4.40. The summed E-state index contributed by atoms with van der Waals surface area (Å²) in [6.45, 7) is 1.65. The Balaban J connectivity index is 1.92. The van der Waals surface area contributed by atoms with Crippen LogP contribution in [0.5, 0.6) is 0 Å². The summed E-state index contributed by atoms with van der Waals surface area (Å²) in [4.78, 5) is 18.6. The number of H-pyrrole nitrogens is 1. The molecule has 0 radical (unpaired) electrons. The van der Waals surface area contributed by atoms with Gasteiger partial charge in [-0.05, 0) is 30.2 Å². The van der Waals surface area contributed by atoms with Crippen LogP contribution < -0.4 is 9.62 Å². The quantitative estimate of drug-likeness (QED) is 0.525. The first-order valence-electron chi connectivity index (χ1n) is 9.15. The number of carbonyl (C=O) groups is 1. The number of hydrogen-bond donors (Lipinski definition) is 2. The highest BCUT2D eigenvalue weighted by Crippen LogP contribution is 2.26. The van der Waals surface area contributed by atoms with Crippen molar-refractivity contribution in [3.8, 4) is 0 Å². The third-order valence-electron chi connectivity index (χ3n) is 4.35. The van der Waals surface area contributed by atoms with E-state index in [0.717, 1.165) is 12.1 Å². The Hall–Kier alpha value is -3.08. The molecule has 0 aliphatic rings. The van der Waals surface area contributed by atoms with E-state index < -0.39 is 38.7 Å². The molecule has 0 bridgehead atoms. The van der Waals surface area contributed by atoms with E-state index in [2.05, 4.69) is 19.9 Å². The van der Waals surface area contributed by atoms with Gasteiger partial charge in [0.15, 0.2) is 23.1 Å². The lowest BCUT2D eigenvalue weighted by atomic mass is 10.0. The molecule has 0 unspecified atom stereocenters. The van der Waals surface area contributed by atoms with E-state index >= 15 is 0 Å². The Morgan fingerprint density at radius 1 is 1.27 bits per heavy atom. The number of aromatic nitrogens is 3. The maximum atomic E-state index is 14.8. The fourth-order valence-electron chi connectivity index (χ4n) is 3.02. The lowest BCUT2D eigenvalue weighted by Gasteiger charge is -2.12. The van der Waals surface area contributed by atoms with Crippen LogP contribution in [0.1, 0.15) is 29.3 Å². The van der Waals surface area contributed by atoms with Crippen LogP contribution in [-0.4, -0.2) is 49.2 Å². The summed E-state index contributed by atoms with van der Waals surface area (Å²) in [6, 6.07) is 3.49. The largest absolute Gasteiger partial charge is 0.361 e. The van der Waals surface area contributed by atoms with Gasteiger partial charge in [0, 0.05) is 26.7 Å². The number of ketones is 1. The maximum absolute atomic E-state index is 14.8. The Kier molecular flexibility index (Phi) is 6.01. The Bertz CT molecular complexity index is 1210. The number of aromatic amines is 1. The number of halogens is 2. The van der Waals surface area contributed by atoms with Gasteiger partial charge >= 0.3 is 0 Å². The highest BCUT2D eigenvalue weighted by Gasteiger charge is 2.23. The van der Waals surface area contributed by atoms with Gasteiger partial charge in [0.25, 0.3) is 0 Å². The van der Waals surface area contributed by atoms with Crippen LogP contribution in [0, 0.1) is 11.6 Å². The summed E-state index contributed by atoms with van der Waals surface area (Å²) >= 11 is 0. The van der Waals surface area contributed by atoms with Gasteiger partial charge in [0.05, 0.1) is 22.4 Å². The molecule has 3 aromatic rings. The average Bonchev–Trinajstić information content (AvgIpc) is 3.07. The standard InChI is InChI=1S/C19H21F2N5O3S/c1-4-7-30(28,29)25-14-6-5-13(20)16(17(14)21)15(27)9-11-8-12-18(22-10-11)23-24-19(12)26(2)3/h5-6,8,10,25H,4,7,9H2,1-3H3,(H,22,23,24). The number of rotatable bonds is 8. The molecule has 8 nitrogen and oxygen atoms in total. The van der Waals surface area contributed by atoms with Crippen molar-refractivity contribution in [3.05, 3.63) is 47.2 Å².